The van der Waals surface area contributed by atoms with E-state index in [2.05, 4.69) is 30.9 Å². The van der Waals surface area contributed by atoms with E-state index < -0.39 is 30.1 Å². The van der Waals surface area contributed by atoms with Crippen LogP contribution in [0.1, 0.15) is 69.1 Å². The molecule has 2 aliphatic rings. The predicted molar refractivity (Wildman–Crippen MR) is 141 cm³/mol. The first-order valence-corrected chi connectivity index (χ1v) is 13.7. The molecule has 37 heavy (non-hydrogen) atoms. The molecule has 0 aliphatic carbocycles. The largest absolute Gasteiger partial charge is 0.443 e. The summed E-state index contributed by atoms with van der Waals surface area (Å²) in [6.07, 6.45) is 0.519. The zero-order valence-corrected chi connectivity index (χ0v) is 22.1. The highest BCUT2D eigenvalue weighted by Crippen LogP contribution is 2.25. The fraction of sp³-hybridized carbons (Fsp3) is 0.360. The molecule has 5 rings (SSSR count). The Kier molecular flexibility index (Phi) is 7.11. The molecule has 4 atom stereocenters. The molecule has 2 aliphatic heterocycles. The van der Waals surface area contributed by atoms with Gasteiger partial charge in [-0.25, -0.2) is 9.97 Å². The van der Waals surface area contributed by atoms with Crippen molar-refractivity contribution in [1.29, 1.82) is 0 Å². The number of rotatable bonds is 2. The maximum Gasteiger partial charge on any atom is 0.274 e. The number of nitrogens with zero attached hydrogens (tertiary/aromatic N) is 3. The fourth-order valence-electron chi connectivity index (χ4n) is 4.10. The number of aryl methyl sites for hydroxylation is 1. The van der Waals surface area contributed by atoms with Gasteiger partial charge in [0.25, 0.3) is 11.8 Å². The van der Waals surface area contributed by atoms with Gasteiger partial charge in [0.05, 0.1) is 17.1 Å². The van der Waals surface area contributed by atoms with Gasteiger partial charge in [-0.05, 0) is 32.8 Å². The van der Waals surface area contributed by atoms with Crippen molar-refractivity contribution in [3.63, 3.8) is 0 Å². The zero-order chi connectivity index (χ0) is 26.1. The summed E-state index contributed by atoms with van der Waals surface area (Å²) in [4.78, 5) is 52.6. The second kappa shape index (κ2) is 10.5. The van der Waals surface area contributed by atoms with Crippen LogP contribution in [0, 0.1) is 6.92 Å². The summed E-state index contributed by atoms with van der Waals surface area (Å²) in [5.41, 5.74) is 1.43. The minimum Gasteiger partial charge on any atom is -0.443 e. The molecule has 0 saturated carbocycles. The van der Waals surface area contributed by atoms with E-state index in [0.29, 0.717) is 28.0 Å². The van der Waals surface area contributed by atoms with Crippen LogP contribution >= 0.6 is 23.1 Å². The summed E-state index contributed by atoms with van der Waals surface area (Å²) in [5, 5.41) is 11.8. The average molecular weight is 539 g/mol. The molecular weight excluding hydrogens is 512 g/mol. The lowest BCUT2D eigenvalue weighted by Crippen LogP contribution is -2.41. The number of oxazole rings is 1. The molecule has 0 radical (unpaired) electrons. The van der Waals surface area contributed by atoms with Crippen molar-refractivity contribution in [2.24, 2.45) is 4.99 Å². The molecule has 0 fully saturated rings. The van der Waals surface area contributed by atoms with Crippen molar-refractivity contribution in [3.8, 4) is 0 Å². The predicted octanol–water partition coefficient (Wildman–Crippen LogP) is 2.98. The number of aromatic nitrogens is 2. The maximum atomic E-state index is 13.2. The highest BCUT2D eigenvalue weighted by atomic mass is 32.2. The minimum atomic E-state index is -0.623. The molecular formula is C25H26N6O4S2. The van der Waals surface area contributed by atoms with Gasteiger partial charge in [0.2, 0.25) is 11.8 Å². The second-order valence-corrected chi connectivity index (χ2v) is 10.9. The van der Waals surface area contributed by atoms with Crippen LogP contribution in [0.2, 0.25) is 0 Å². The Morgan fingerprint density at radius 3 is 2.57 bits per heavy atom. The van der Waals surface area contributed by atoms with Gasteiger partial charge in [-0.15, -0.1) is 23.1 Å². The quantitative estimate of drug-likeness (QED) is 0.456. The van der Waals surface area contributed by atoms with Crippen LogP contribution in [-0.2, 0) is 11.2 Å². The Labute approximate surface area is 221 Å². The first-order valence-electron chi connectivity index (χ1n) is 11.9. The molecule has 0 saturated heterocycles. The molecule has 3 amide bonds. The Hall–Kier alpha value is -3.51. The van der Waals surface area contributed by atoms with Crippen molar-refractivity contribution in [2.75, 3.05) is 5.75 Å². The summed E-state index contributed by atoms with van der Waals surface area (Å²) in [6, 6.07) is 7.73. The molecule has 2 aromatic heterocycles. The molecule has 4 unspecified atom stereocenters. The topological polar surface area (TPSA) is 139 Å². The summed E-state index contributed by atoms with van der Waals surface area (Å²) in [7, 11) is 0. The first kappa shape index (κ1) is 25.2. The number of hydrogen-bond acceptors (Lipinski definition) is 9. The van der Waals surface area contributed by atoms with Gasteiger partial charge in [0, 0.05) is 11.1 Å². The van der Waals surface area contributed by atoms with Crippen LogP contribution < -0.4 is 16.0 Å². The highest BCUT2D eigenvalue weighted by Gasteiger charge is 2.33. The monoisotopic (exact) mass is 538 g/mol. The summed E-state index contributed by atoms with van der Waals surface area (Å²) < 4.78 is 5.71. The number of carbonyl (C=O) groups excluding carboxylic acids is 3. The molecule has 3 N–H and O–H groups in total. The Morgan fingerprint density at radius 1 is 1.00 bits per heavy atom. The molecule has 6 bridgehead atoms. The third kappa shape index (κ3) is 5.44. The number of nitrogens with one attached hydrogen (secondary N) is 3. The van der Waals surface area contributed by atoms with Crippen LogP contribution in [-0.4, -0.2) is 50.6 Å². The number of benzene rings is 1. The van der Waals surface area contributed by atoms with Gasteiger partial charge in [0.1, 0.15) is 28.5 Å². The van der Waals surface area contributed by atoms with E-state index in [1.807, 2.05) is 30.3 Å². The molecule has 192 valence electrons. The average Bonchev–Trinajstić information content (AvgIpc) is 3.63. The number of thioether (sulfide) groups is 1. The van der Waals surface area contributed by atoms with Crippen LogP contribution in [0.3, 0.4) is 0 Å². The van der Waals surface area contributed by atoms with E-state index in [-0.39, 0.29) is 29.1 Å². The lowest BCUT2D eigenvalue weighted by atomic mass is 10.1. The van der Waals surface area contributed by atoms with E-state index in [4.69, 9.17) is 4.42 Å². The highest BCUT2D eigenvalue weighted by molar-refractivity contribution is 8.14. The number of aliphatic imine (C=N–C) groups is 1. The van der Waals surface area contributed by atoms with Crippen molar-refractivity contribution < 1.29 is 18.8 Å². The van der Waals surface area contributed by atoms with E-state index in [1.165, 1.54) is 23.1 Å². The van der Waals surface area contributed by atoms with Gasteiger partial charge in [0.15, 0.2) is 5.69 Å². The smallest absolute Gasteiger partial charge is 0.274 e. The second-order valence-electron chi connectivity index (χ2n) is 8.96. The van der Waals surface area contributed by atoms with Crippen LogP contribution in [0.4, 0.5) is 0 Å². The lowest BCUT2D eigenvalue weighted by Gasteiger charge is -2.18. The van der Waals surface area contributed by atoms with Crippen molar-refractivity contribution in [1.82, 2.24) is 25.9 Å². The fourth-order valence-corrected chi connectivity index (χ4v) is 6.01. The van der Waals surface area contributed by atoms with E-state index >= 15 is 0 Å². The Bertz CT molecular complexity index is 1370. The molecule has 0 spiro atoms. The van der Waals surface area contributed by atoms with Crippen molar-refractivity contribution >= 4 is 45.9 Å². The molecule has 1 aromatic carbocycles. The lowest BCUT2D eigenvalue weighted by molar-refractivity contribution is -0.122. The first-order chi connectivity index (χ1) is 17.8. The van der Waals surface area contributed by atoms with Crippen LogP contribution in [0.15, 0.2) is 45.1 Å². The van der Waals surface area contributed by atoms with Crippen LogP contribution in [0.25, 0.3) is 0 Å². The summed E-state index contributed by atoms with van der Waals surface area (Å²) in [5.74, 6) is -0.00882. The molecule has 3 aromatic rings. The van der Waals surface area contributed by atoms with E-state index in [1.54, 1.807) is 26.2 Å². The molecule has 12 heteroatoms. The number of amides is 3. The third-order valence-electron chi connectivity index (χ3n) is 6.09. The Morgan fingerprint density at radius 2 is 1.78 bits per heavy atom. The third-order valence-corrected chi connectivity index (χ3v) is 8.29. The Balaban J connectivity index is 1.50. The minimum absolute atomic E-state index is 0.138. The number of hydrogen-bond donors (Lipinski definition) is 3. The van der Waals surface area contributed by atoms with Gasteiger partial charge < -0.3 is 20.4 Å². The number of thiazole rings is 1. The van der Waals surface area contributed by atoms with Crippen molar-refractivity contribution in [3.05, 3.63) is 69.3 Å². The van der Waals surface area contributed by atoms with Gasteiger partial charge >= 0.3 is 0 Å². The summed E-state index contributed by atoms with van der Waals surface area (Å²) >= 11 is 2.75. The van der Waals surface area contributed by atoms with Gasteiger partial charge in [-0.1, -0.05) is 30.3 Å². The maximum absolute atomic E-state index is 13.2. The SMILES string of the molecule is Cc1oc2nc1C(=O)NC(C)c1nc(cs1)C(=O)NC(Cc1ccccc1)C1=NC(CS1)C(=O)NC2C. The zero-order valence-electron chi connectivity index (χ0n) is 20.5. The normalized spacial score (nSPS) is 24.4. The van der Waals surface area contributed by atoms with E-state index in [9.17, 15) is 14.4 Å². The van der Waals surface area contributed by atoms with E-state index in [0.717, 1.165) is 5.56 Å². The standard InChI is InChI=1S/C25H26N6O4S2/c1-12-23-31-19(14(3)35-23)22(34)27-13(2)24-29-18(10-36-24)21(33)28-16(9-15-7-5-4-6-8-15)25-30-17(11-37-25)20(32)26-12/h4-8,10,12-13,16-17H,9,11H2,1-3H3,(H,26,32)(H,27,34)(H,28,33). The molecule has 10 nitrogen and oxygen atoms in total. The number of fused-ring (bicyclic) bond motifs is 5. The van der Waals surface area contributed by atoms with Gasteiger partial charge in [-0.3, -0.25) is 19.4 Å². The molecule has 4 heterocycles. The van der Waals surface area contributed by atoms with Crippen molar-refractivity contribution in [2.45, 2.75) is 51.4 Å². The van der Waals surface area contributed by atoms with Crippen LogP contribution in [0.5, 0.6) is 0 Å². The van der Waals surface area contributed by atoms with Gasteiger partial charge in [-0.2, -0.15) is 0 Å². The summed E-state index contributed by atoms with van der Waals surface area (Å²) in [6.45, 7) is 5.18. The number of carbonyl (C=O) groups is 3.